The van der Waals surface area contributed by atoms with E-state index in [1.165, 1.54) is 6.07 Å². The number of hydrogen-bond donors (Lipinski definition) is 2. The summed E-state index contributed by atoms with van der Waals surface area (Å²) >= 11 is 6.31. The highest BCUT2D eigenvalue weighted by atomic mass is 35.5. The fraction of sp³-hybridized carbons (Fsp3) is 0.0476. The number of benzene rings is 2. The largest absolute Gasteiger partial charge is 0.505 e. The van der Waals surface area contributed by atoms with Gasteiger partial charge in [-0.1, -0.05) is 41.9 Å². The van der Waals surface area contributed by atoms with Gasteiger partial charge in [0.1, 0.15) is 22.9 Å². The van der Waals surface area contributed by atoms with Crippen molar-refractivity contribution in [2.24, 2.45) is 0 Å². The second-order valence-corrected chi connectivity index (χ2v) is 6.41. The Balaban J connectivity index is 1.92. The van der Waals surface area contributed by atoms with Crippen LogP contribution in [0.2, 0.25) is 5.02 Å². The summed E-state index contributed by atoms with van der Waals surface area (Å²) in [6.07, 6.45) is 3.23. The maximum absolute atomic E-state index is 14.7. The van der Waals surface area contributed by atoms with Crippen LogP contribution < -0.4 is 5.32 Å². The molecule has 2 heterocycles. The van der Waals surface area contributed by atoms with Crippen LogP contribution in [0.5, 0.6) is 5.75 Å². The third-order valence-electron chi connectivity index (χ3n) is 4.34. The van der Waals surface area contributed by atoms with E-state index >= 15 is 0 Å². The van der Waals surface area contributed by atoms with E-state index in [1.54, 1.807) is 48.8 Å². The Kier molecular flexibility index (Phi) is 4.60. The van der Waals surface area contributed by atoms with E-state index in [2.05, 4.69) is 15.3 Å². The van der Waals surface area contributed by atoms with E-state index in [0.717, 1.165) is 5.39 Å². The molecule has 2 N–H and O–H groups in total. The third-order valence-corrected chi connectivity index (χ3v) is 4.67. The molecule has 0 aliphatic carbocycles. The van der Waals surface area contributed by atoms with Crippen molar-refractivity contribution in [3.63, 3.8) is 0 Å². The van der Waals surface area contributed by atoms with Crippen LogP contribution in [0.4, 0.5) is 10.2 Å². The molecular weight excluding hydrogens is 365 g/mol. The lowest BCUT2D eigenvalue weighted by atomic mass is 9.95. The second-order valence-electron chi connectivity index (χ2n) is 6.01. The van der Waals surface area contributed by atoms with Crippen molar-refractivity contribution in [3.05, 3.63) is 95.0 Å². The predicted molar refractivity (Wildman–Crippen MR) is 105 cm³/mol. The van der Waals surface area contributed by atoms with Crippen molar-refractivity contribution in [2.45, 2.75) is 6.04 Å². The van der Waals surface area contributed by atoms with Gasteiger partial charge in [0, 0.05) is 33.9 Å². The first kappa shape index (κ1) is 17.2. The SMILES string of the molecule is Oc1c([C@@H](Nc2ccccn2)c2c(F)cccc2Cl)ccc2cccnc12. The van der Waals surface area contributed by atoms with Crippen molar-refractivity contribution in [1.82, 2.24) is 9.97 Å². The van der Waals surface area contributed by atoms with Gasteiger partial charge in [0.15, 0.2) is 0 Å². The first-order valence-electron chi connectivity index (χ1n) is 8.33. The summed E-state index contributed by atoms with van der Waals surface area (Å²) in [7, 11) is 0. The zero-order chi connectivity index (χ0) is 18.8. The maximum atomic E-state index is 14.7. The second kappa shape index (κ2) is 7.21. The number of fused-ring (bicyclic) bond motifs is 1. The highest BCUT2D eigenvalue weighted by molar-refractivity contribution is 6.31. The van der Waals surface area contributed by atoms with Crippen LogP contribution in [0, 0.1) is 5.82 Å². The number of phenols is 1. The van der Waals surface area contributed by atoms with Crippen molar-refractivity contribution in [3.8, 4) is 5.75 Å². The summed E-state index contributed by atoms with van der Waals surface area (Å²) in [6.45, 7) is 0. The molecule has 2 aromatic carbocycles. The number of halogens is 2. The minimum Gasteiger partial charge on any atom is -0.505 e. The first-order valence-corrected chi connectivity index (χ1v) is 8.71. The lowest BCUT2D eigenvalue weighted by molar-refractivity contribution is 0.471. The molecule has 0 unspecified atom stereocenters. The number of hydrogen-bond acceptors (Lipinski definition) is 4. The zero-order valence-corrected chi connectivity index (χ0v) is 14.9. The smallest absolute Gasteiger partial charge is 0.147 e. The quantitative estimate of drug-likeness (QED) is 0.503. The molecule has 0 aliphatic rings. The van der Waals surface area contributed by atoms with Crippen molar-refractivity contribution in [2.75, 3.05) is 5.32 Å². The Labute approximate surface area is 160 Å². The van der Waals surface area contributed by atoms with Gasteiger partial charge in [-0.3, -0.25) is 4.98 Å². The van der Waals surface area contributed by atoms with Gasteiger partial charge in [0.25, 0.3) is 0 Å². The highest BCUT2D eigenvalue weighted by Crippen LogP contribution is 2.39. The van der Waals surface area contributed by atoms with Crippen LogP contribution in [0.1, 0.15) is 17.2 Å². The number of rotatable bonds is 4. The summed E-state index contributed by atoms with van der Waals surface area (Å²) in [5, 5.41) is 15.1. The van der Waals surface area contributed by atoms with Crippen LogP contribution in [-0.2, 0) is 0 Å². The van der Waals surface area contributed by atoms with Crippen LogP contribution in [0.15, 0.2) is 73.1 Å². The Bertz CT molecular complexity index is 1080. The number of aromatic hydroxyl groups is 1. The van der Waals surface area contributed by atoms with Crippen molar-refractivity contribution < 1.29 is 9.50 Å². The summed E-state index contributed by atoms with van der Waals surface area (Å²) in [6, 6.07) is 16.3. The predicted octanol–water partition coefficient (Wildman–Crippen LogP) is 5.33. The van der Waals surface area contributed by atoms with Crippen LogP contribution in [-0.4, -0.2) is 15.1 Å². The summed E-state index contributed by atoms with van der Waals surface area (Å²) in [4.78, 5) is 8.50. The molecule has 0 amide bonds. The van der Waals surface area contributed by atoms with Crippen LogP contribution in [0.3, 0.4) is 0 Å². The van der Waals surface area contributed by atoms with Gasteiger partial charge in [0.2, 0.25) is 0 Å². The third kappa shape index (κ3) is 3.29. The molecule has 134 valence electrons. The summed E-state index contributed by atoms with van der Waals surface area (Å²) in [5.41, 5.74) is 1.13. The van der Waals surface area contributed by atoms with E-state index in [9.17, 15) is 9.50 Å². The van der Waals surface area contributed by atoms with E-state index in [0.29, 0.717) is 16.9 Å². The molecule has 1 atom stereocenters. The van der Waals surface area contributed by atoms with Gasteiger partial charge >= 0.3 is 0 Å². The summed E-state index contributed by atoms with van der Waals surface area (Å²) < 4.78 is 14.7. The Morgan fingerprint density at radius 1 is 0.926 bits per heavy atom. The molecule has 6 heteroatoms. The average Bonchev–Trinajstić information content (AvgIpc) is 2.68. The lowest BCUT2D eigenvalue weighted by Gasteiger charge is -2.23. The highest BCUT2D eigenvalue weighted by Gasteiger charge is 2.25. The Morgan fingerprint density at radius 2 is 1.78 bits per heavy atom. The molecule has 0 spiro atoms. The molecule has 4 aromatic rings. The molecule has 0 fully saturated rings. The van der Waals surface area contributed by atoms with E-state index in [-0.39, 0.29) is 16.3 Å². The molecule has 0 saturated heterocycles. The number of nitrogens with one attached hydrogen (secondary N) is 1. The van der Waals surface area contributed by atoms with Crippen LogP contribution in [0.25, 0.3) is 10.9 Å². The number of nitrogens with zero attached hydrogens (tertiary/aromatic N) is 2. The molecule has 0 aliphatic heterocycles. The Hall–Kier alpha value is -3.18. The molecule has 4 rings (SSSR count). The molecule has 2 aromatic heterocycles. The van der Waals surface area contributed by atoms with Crippen molar-refractivity contribution >= 4 is 28.3 Å². The minimum absolute atomic E-state index is 0.0270. The number of aromatic nitrogens is 2. The zero-order valence-electron chi connectivity index (χ0n) is 14.1. The van der Waals surface area contributed by atoms with E-state index in [1.807, 2.05) is 18.2 Å². The molecule has 0 bridgehead atoms. The fourth-order valence-corrected chi connectivity index (χ4v) is 3.34. The van der Waals surface area contributed by atoms with Gasteiger partial charge in [0.05, 0.1) is 6.04 Å². The van der Waals surface area contributed by atoms with Gasteiger partial charge in [-0.25, -0.2) is 9.37 Å². The topological polar surface area (TPSA) is 58.0 Å². The lowest BCUT2D eigenvalue weighted by Crippen LogP contribution is -2.15. The number of phenolic OH excluding ortho intramolecular Hbond substituents is 1. The Morgan fingerprint density at radius 3 is 2.56 bits per heavy atom. The first-order chi connectivity index (χ1) is 13.1. The average molecular weight is 380 g/mol. The maximum Gasteiger partial charge on any atom is 0.147 e. The van der Waals surface area contributed by atoms with Gasteiger partial charge in [-0.05, 0) is 30.3 Å². The van der Waals surface area contributed by atoms with E-state index < -0.39 is 11.9 Å². The minimum atomic E-state index is -0.750. The van der Waals surface area contributed by atoms with Gasteiger partial charge in [-0.15, -0.1) is 0 Å². The molecule has 27 heavy (non-hydrogen) atoms. The standard InChI is InChI=1S/C21H15ClFN3O/c22-15-6-3-7-16(23)18(15)20(26-17-8-1-2-11-24-17)14-10-9-13-5-4-12-25-19(13)21(14)27/h1-12,20,27H,(H,24,26)/t20-/m1/s1. The molecule has 0 saturated carbocycles. The van der Waals surface area contributed by atoms with E-state index in [4.69, 9.17) is 11.6 Å². The number of anilines is 1. The fourth-order valence-electron chi connectivity index (χ4n) is 3.07. The van der Waals surface area contributed by atoms with Crippen molar-refractivity contribution in [1.29, 1.82) is 0 Å². The molecular formula is C21H15ClFN3O. The summed E-state index contributed by atoms with van der Waals surface area (Å²) in [5.74, 6) is 0.0274. The number of pyridine rings is 2. The van der Waals surface area contributed by atoms with Gasteiger partial charge in [-0.2, -0.15) is 0 Å². The normalized spacial score (nSPS) is 12.1. The van der Waals surface area contributed by atoms with Gasteiger partial charge < -0.3 is 10.4 Å². The molecule has 4 nitrogen and oxygen atoms in total. The monoisotopic (exact) mass is 379 g/mol. The van der Waals surface area contributed by atoms with Crippen LogP contribution >= 0.6 is 11.6 Å². The molecule has 0 radical (unpaired) electrons.